The topological polar surface area (TPSA) is 96.5 Å². The summed E-state index contributed by atoms with van der Waals surface area (Å²) >= 11 is 5.23. The third-order valence-corrected chi connectivity index (χ3v) is 5.85. The maximum absolute atomic E-state index is 12.3. The van der Waals surface area contributed by atoms with Crippen LogP contribution in [0.15, 0.2) is 84.9 Å². The zero-order valence-corrected chi connectivity index (χ0v) is 22.1. The molecule has 0 aliphatic rings. The molecule has 0 heterocycles. The number of thiocarbonyl (C=S) groups is 1. The van der Waals surface area contributed by atoms with Crippen molar-refractivity contribution in [2.24, 2.45) is 0 Å². The Morgan fingerprint density at radius 3 is 1.97 bits per heavy atom. The standard InChI is InChI=1S/C30H33N3O4S/c34-27(17-8-18-29(36)37-21-9-14-23-10-3-1-4-11-23)33-30(38)32-26-16-7-15-25(22-26)31-28(35)20-19-24-12-5-2-6-13-24/h1-7,10-13,15-16,22H,8-9,14,17-21H2,(H,31,35)(H2,32,33,34,38). The van der Waals surface area contributed by atoms with Gasteiger partial charge in [-0.05, 0) is 67.2 Å². The molecular formula is C30H33N3O4S. The summed E-state index contributed by atoms with van der Waals surface area (Å²) in [5.41, 5.74) is 3.58. The average Bonchev–Trinajstić information content (AvgIpc) is 2.91. The van der Waals surface area contributed by atoms with Crippen LogP contribution < -0.4 is 16.0 Å². The lowest BCUT2D eigenvalue weighted by atomic mass is 10.1. The fraction of sp³-hybridized carbons (Fsp3) is 0.267. The molecule has 3 rings (SSSR count). The van der Waals surface area contributed by atoms with Gasteiger partial charge in [-0.1, -0.05) is 66.7 Å². The minimum atomic E-state index is -0.311. The lowest BCUT2D eigenvalue weighted by Crippen LogP contribution is -2.34. The SMILES string of the molecule is O=C(CCCC(=O)OCCCc1ccccc1)NC(=S)Nc1cccc(NC(=O)CCc2ccccc2)c1. The fourth-order valence-corrected chi connectivity index (χ4v) is 3.96. The van der Waals surface area contributed by atoms with Crippen LogP contribution in [0.4, 0.5) is 11.4 Å². The maximum Gasteiger partial charge on any atom is 0.305 e. The van der Waals surface area contributed by atoms with Crippen molar-refractivity contribution >= 4 is 46.5 Å². The molecule has 0 saturated heterocycles. The van der Waals surface area contributed by atoms with Crippen molar-refractivity contribution in [2.75, 3.05) is 17.2 Å². The molecule has 0 bridgehead atoms. The zero-order chi connectivity index (χ0) is 27.0. The van der Waals surface area contributed by atoms with E-state index in [1.807, 2.05) is 60.7 Å². The molecule has 0 fully saturated rings. The molecule has 3 aromatic rings. The molecule has 0 spiro atoms. The predicted octanol–water partition coefficient (Wildman–Crippen LogP) is 5.42. The molecule has 198 valence electrons. The Balaban J connectivity index is 1.29. The number of hydrogen-bond acceptors (Lipinski definition) is 5. The number of benzene rings is 3. The van der Waals surface area contributed by atoms with Crippen LogP contribution in [0.3, 0.4) is 0 Å². The van der Waals surface area contributed by atoms with E-state index in [0.717, 1.165) is 18.4 Å². The summed E-state index contributed by atoms with van der Waals surface area (Å²) in [7, 11) is 0. The highest BCUT2D eigenvalue weighted by Crippen LogP contribution is 2.16. The summed E-state index contributed by atoms with van der Waals surface area (Å²) in [6.07, 6.45) is 3.34. The van der Waals surface area contributed by atoms with Crippen molar-refractivity contribution in [1.29, 1.82) is 0 Å². The molecule has 0 unspecified atom stereocenters. The van der Waals surface area contributed by atoms with Crippen LogP contribution in [0.2, 0.25) is 0 Å². The lowest BCUT2D eigenvalue weighted by molar-refractivity contribution is -0.143. The Morgan fingerprint density at radius 1 is 0.658 bits per heavy atom. The number of aryl methyl sites for hydroxylation is 2. The van der Waals surface area contributed by atoms with E-state index in [4.69, 9.17) is 17.0 Å². The van der Waals surface area contributed by atoms with Crippen molar-refractivity contribution in [3.63, 3.8) is 0 Å². The van der Waals surface area contributed by atoms with Gasteiger partial charge >= 0.3 is 5.97 Å². The Bertz CT molecular complexity index is 1200. The monoisotopic (exact) mass is 531 g/mol. The van der Waals surface area contributed by atoms with Gasteiger partial charge in [0.05, 0.1) is 6.61 Å². The van der Waals surface area contributed by atoms with E-state index < -0.39 is 0 Å². The first-order valence-corrected chi connectivity index (χ1v) is 13.1. The molecule has 0 saturated carbocycles. The average molecular weight is 532 g/mol. The van der Waals surface area contributed by atoms with Gasteiger partial charge in [-0.25, -0.2) is 0 Å². The first-order valence-electron chi connectivity index (χ1n) is 12.7. The molecule has 0 aromatic heterocycles. The van der Waals surface area contributed by atoms with Gasteiger partial charge in [0.1, 0.15) is 0 Å². The number of anilines is 2. The molecule has 0 aliphatic carbocycles. The van der Waals surface area contributed by atoms with E-state index in [0.29, 0.717) is 37.2 Å². The van der Waals surface area contributed by atoms with Crippen LogP contribution >= 0.6 is 12.2 Å². The maximum atomic E-state index is 12.3. The van der Waals surface area contributed by atoms with Gasteiger partial charge in [-0.2, -0.15) is 0 Å². The quantitative estimate of drug-likeness (QED) is 0.155. The number of rotatable bonds is 13. The number of hydrogen-bond donors (Lipinski definition) is 3. The van der Waals surface area contributed by atoms with Gasteiger partial charge in [-0.3, -0.25) is 14.4 Å². The number of carbonyl (C=O) groups is 3. The Hall–Kier alpha value is -4.04. The van der Waals surface area contributed by atoms with Crippen LogP contribution in [0.1, 0.15) is 43.2 Å². The van der Waals surface area contributed by atoms with Crippen LogP contribution in [0, 0.1) is 0 Å². The van der Waals surface area contributed by atoms with Crippen molar-refractivity contribution in [3.05, 3.63) is 96.1 Å². The van der Waals surface area contributed by atoms with Gasteiger partial charge in [0, 0.05) is 30.6 Å². The summed E-state index contributed by atoms with van der Waals surface area (Å²) in [5, 5.41) is 8.58. The van der Waals surface area contributed by atoms with Gasteiger partial charge in [0.25, 0.3) is 0 Å². The minimum absolute atomic E-state index is 0.0865. The molecule has 3 N–H and O–H groups in total. The summed E-state index contributed by atoms with van der Waals surface area (Å²) < 4.78 is 5.24. The van der Waals surface area contributed by atoms with Gasteiger partial charge < -0.3 is 20.7 Å². The van der Waals surface area contributed by atoms with Crippen LogP contribution in [-0.2, 0) is 32.0 Å². The van der Waals surface area contributed by atoms with E-state index in [9.17, 15) is 14.4 Å². The summed E-state index contributed by atoms with van der Waals surface area (Å²) in [6.45, 7) is 0.362. The van der Waals surface area contributed by atoms with E-state index in [1.54, 1.807) is 24.3 Å². The highest BCUT2D eigenvalue weighted by molar-refractivity contribution is 7.80. The van der Waals surface area contributed by atoms with E-state index in [1.165, 1.54) is 5.56 Å². The molecule has 3 aromatic carbocycles. The van der Waals surface area contributed by atoms with E-state index in [-0.39, 0.29) is 35.7 Å². The van der Waals surface area contributed by atoms with Gasteiger partial charge in [0.15, 0.2) is 5.11 Å². The van der Waals surface area contributed by atoms with Crippen molar-refractivity contribution < 1.29 is 19.1 Å². The van der Waals surface area contributed by atoms with Gasteiger partial charge in [-0.15, -0.1) is 0 Å². The molecule has 0 aliphatic heterocycles. The van der Waals surface area contributed by atoms with E-state index >= 15 is 0 Å². The number of carbonyl (C=O) groups excluding carboxylic acids is 3. The molecule has 7 nitrogen and oxygen atoms in total. The highest BCUT2D eigenvalue weighted by atomic mass is 32.1. The highest BCUT2D eigenvalue weighted by Gasteiger charge is 2.09. The minimum Gasteiger partial charge on any atom is -0.466 e. The van der Waals surface area contributed by atoms with E-state index in [2.05, 4.69) is 16.0 Å². The second-order valence-corrected chi connectivity index (χ2v) is 9.19. The van der Waals surface area contributed by atoms with Crippen LogP contribution in [-0.4, -0.2) is 29.5 Å². The Kier molecular flexibility index (Phi) is 12.0. The number of ether oxygens (including phenoxy) is 1. The second-order valence-electron chi connectivity index (χ2n) is 8.78. The molecule has 2 amide bonds. The van der Waals surface area contributed by atoms with Crippen LogP contribution in [0.25, 0.3) is 0 Å². The molecule has 8 heteroatoms. The predicted molar refractivity (Wildman–Crippen MR) is 154 cm³/mol. The first kappa shape index (κ1) is 28.5. The zero-order valence-electron chi connectivity index (χ0n) is 21.3. The van der Waals surface area contributed by atoms with Crippen LogP contribution in [0.5, 0.6) is 0 Å². The summed E-state index contributed by atoms with van der Waals surface area (Å²) in [5.74, 6) is -0.685. The van der Waals surface area contributed by atoms with Gasteiger partial charge in [0.2, 0.25) is 11.8 Å². The third kappa shape index (κ3) is 11.3. The normalized spacial score (nSPS) is 10.3. The number of nitrogens with one attached hydrogen (secondary N) is 3. The second kappa shape index (κ2) is 15.9. The third-order valence-electron chi connectivity index (χ3n) is 5.64. The largest absolute Gasteiger partial charge is 0.466 e. The summed E-state index contributed by atoms with van der Waals surface area (Å²) in [6, 6.07) is 27.0. The Morgan fingerprint density at radius 2 is 1.29 bits per heavy atom. The molecule has 0 atom stereocenters. The van der Waals surface area contributed by atoms with Crippen molar-refractivity contribution in [1.82, 2.24) is 5.32 Å². The molecule has 38 heavy (non-hydrogen) atoms. The smallest absolute Gasteiger partial charge is 0.305 e. The van der Waals surface area contributed by atoms with Crippen molar-refractivity contribution in [3.8, 4) is 0 Å². The lowest BCUT2D eigenvalue weighted by Gasteiger charge is -2.11. The first-order chi connectivity index (χ1) is 18.5. The summed E-state index contributed by atoms with van der Waals surface area (Å²) in [4.78, 5) is 36.4. The fourth-order valence-electron chi connectivity index (χ4n) is 3.72. The Labute approximate surface area is 229 Å². The number of esters is 1. The molecular weight excluding hydrogens is 498 g/mol. The van der Waals surface area contributed by atoms with Crippen molar-refractivity contribution in [2.45, 2.75) is 44.9 Å². The number of amides is 2. The molecule has 0 radical (unpaired) electrons.